The molecule has 0 saturated carbocycles. The molecule has 0 N–H and O–H groups in total. The van der Waals surface area contributed by atoms with Crippen LogP contribution < -0.4 is 0 Å². The molecule has 3 nitrogen and oxygen atoms in total. The number of hydrogen-bond donors (Lipinski definition) is 0. The highest BCUT2D eigenvalue weighted by Gasteiger charge is 2.19. The Kier molecular flexibility index (Phi) is 3.97. The standard InChI is InChI=1S/C14H14Cl2N2O/c1-8(2)13-11(14(16)19)7-17-18(13)10-4-5-12(15)9(3)6-10/h4-8H,1-3H3. The van der Waals surface area contributed by atoms with Gasteiger partial charge in [-0.3, -0.25) is 4.79 Å². The van der Waals surface area contributed by atoms with Crippen LogP contribution >= 0.6 is 23.2 Å². The summed E-state index contributed by atoms with van der Waals surface area (Å²) in [6.45, 7) is 5.93. The fourth-order valence-electron chi connectivity index (χ4n) is 2.03. The van der Waals surface area contributed by atoms with Crippen molar-refractivity contribution in [2.24, 2.45) is 0 Å². The minimum absolute atomic E-state index is 0.135. The first-order valence-corrected chi connectivity index (χ1v) is 6.71. The predicted octanol–water partition coefficient (Wildman–Crippen LogP) is 4.34. The minimum Gasteiger partial charge on any atom is -0.275 e. The van der Waals surface area contributed by atoms with E-state index in [0.717, 1.165) is 16.9 Å². The summed E-state index contributed by atoms with van der Waals surface area (Å²) in [6, 6.07) is 5.63. The third-order valence-corrected chi connectivity index (χ3v) is 3.58. The van der Waals surface area contributed by atoms with Gasteiger partial charge in [-0.1, -0.05) is 25.4 Å². The summed E-state index contributed by atoms with van der Waals surface area (Å²) in [6.07, 6.45) is 1.51. The Morgan fingerprint density at radius 2 is 2.05 bits per heavy atom. The first kappa shape index (κ1) is 14.1. The summed E-state index contributed by atoms with van der Waals surface area (Å²) >= 11 is 11.6. The second-order valence-electron chi connectivity index (χ2n) is 4.72. The van der Waals surface area contributed by atoms with Gasteiger partial charge >= 0.3 is 0 Å². The number of carbonyl (C=O) groups is 1. The maximum Gasteiger partial charge on any atom is 0.255 e. The largest absolute Gasteiger partial charge is 0.275 e. The highest BCUT2D eigenvalue weighted by Crippen LogP contribution is 2.26. The van der Waals surface area contributed by atoms with Crippen LogP contribution in [0.15, 0.2) is 24.4 Å². The molecule has 0 aliphatic heterocycles. The fourth-order valence-corrected chi connectivity index (χ4v) is 2.29. The number of aryl methyl sites for hydroxylation is 1. The van der Waals surface area contributed by atoms with E-state index in [1.807, 2.05) is 39.0 Å². The molecule has 0 saturated heterocycles. The molecule has 0 aliphatic rings. The summed E-state index contributed by atoms with van der Waals surface area (Å²) in [5, 5.41) is 4.49. The third-order valence-electron chi connectivity index (χ3n) is 2.95. The fraction of sp³-hybridized carbons (Fsp3) is 0.286. The van der Waals surface area contributed by atoms with Crippen molar-refractivity contribution >= 4 is 28.4 Å². The molecule has 1 heterocycles. The lowest BCUT2D eigenvalue weighted by Crippen LogP contribution is -2.07. The van der Waals surface area contributed by atoms with Crippen LogP contribution in [0.5, 0.6) is 0 Å². The lowest BCUT2D eigenvalue weighted by Gasteiger charge is -2.12. The molecule has 0 aliphatic carbocycles. The van der Waals surface area contributed by atoms with Gasteiger partial charge in [0.05, 0.1) is 23.1 Å². The predicted molar refractivity (Wildman–Crippen MR) is 77.6 cm³/mol. The molecule has 1 aromatic heterocycles. The van der Waals surface area contributed by atoms with E-state index in [0.29, 0.717) is 10.6 Å². The highest BCUT2D eigenvalue weighted by molar-refractivity contribution is 6.67. The summed E-state index contributed by atoms with van der Waals surface area (Å²) in [5.74, 6) is 0.135. The number of hydrogen-bond acceptors (Lipinski definition) is 2. The number of aromatic nitrogens is 2. The first-order valence-electron chi connectivity index (χ1n) is 5.96. The van der Waals surface area contributed by atoms with Crippen molar-refractivity contribution < 1.29 is 4.79 Å². The van der Waals surface area contributed by atoms with E-state index in [-0.39, 0.29) is 5.92 Å². The molecule has 0 bridgehead atoms. The first-order chi connectivity index (χ1) is 8.91. The molecule has 19 heavy (non-hydrogen) atoms. The maximum atomic E-state index is 11.4. The smallest absolute Gasteiger partial charge is 0.255 e. The monoisotopic (exact) mass is 296 g/mol. The number of carbonyl (C=O) groups excluding carboxylic acids is 1. The molecular formula is C14H14Cl2N2O. The Labute approximate surface area is 122 Å². The van der Waals surface area contributed by atoms with E-state index in [1.165, 1.54) is 6.20 Å². The van der Waals surface area contributed by atoms with Crippen molar-refractivity contribution in [2.75, 3.05) is 0 Å². The molecule has 1 aromatic carbocycles. The SMILES string of the molecule is Cc1cc(-n2ncc(C(=O)Cl)c2C(C)C)ccc1Cl. The van der Waals surface area contributed by atoms with E-state index in [2.05, 4.69) is 5.10 Å². The van der Waals surface area contributed by atoms with E-state index in [4.69, 9.17) is 23.2 Å². The zero-order chi connectivity index (χ0) is 14.2. The normalized spacial score (nSPS) is 11.1. The second kappa shape index (κ2) is 5.35. The molecule has 0 atom stereocenters. The van der Waals surface area contributed by atoms with Gasteiger partial charge in [0, 0.05) is 5.02 Å². The molecule has 0 unspecified atom stereocenters. The van der Waals surface area contributed by atoms with Gasteiger partial charge in [-0.15, -0.1) is 0 Å². The van der Waals surface area contributed by atoms with Crippen molar-refractivity contribution in [3.63, 3.8) is 0 Å². The van der Waals surface area contributed by atoms with Crippen molar-refractivity contribution in [2.45, 2.75) is 26.7 Å². The van der Waals surface area contributed by atoms with E-state index < -0.39 is 5.24 Å². The maximum absolute atomic E-state index is 11.4. The van der Waals surface area contributed by atoms with Gasteiger partial charge in [0.1, 0.15) is 0 Å². The number of nitrogens with zero attached hydrogens (tertiary/aromatic N) is 2. The zero-order valence-corrected chi connectivity index (χ0v) is 12.5. The average Bonchev–Trinajstić information content (AvgIpc) is 2.77. The number of rotatable bonds is 3. The second-order valence-corrected chi connectivity index (χ2v) is 5.47. The Balaban J connectivity index is 2.62. The van der Waals surface area contributed by atoms with E-state index in [1.54, 1.807) is 4.68 Å². The lowest BCUT2D eigenvalue weighted by atomic mass is 10.1. The lowest BCUT2D eigenvalue weighted by molar-refractivity contribution is 0.108. The van der Waals surface area contributed by atoms with Gasteiger partial charge in [-0.05, 0) is 48.2 Å². The summed E-state index contributed by atoms with van der Waals surface area (Å²) in [4.78, 5) is 11.4. The van der Waals surface area contributed by atoms with E-state index in [9.17, 15) is 4.79 Å². The van der Waals surface area contributed by atoms with Crippen molar-refractivity contribution in [3.05, 3.63) is 46.2 Å². The molecule has 2 aromatic rings. The quantitative estimate of drug-likeness (QED) is 0.790. The summed E-state index contributed by atoms with van der Waals surface area (Å²) in [5.41, 5.74) is 3.09. The van der Waals surface area contributed by atoms with Crippen LogP contribution in [0.4, 0.5) is 0 Å². The van der Waals surface area contributed by atoms with Crippen LogP contribution in [0.1, 0.15) is 41.4 Å². The average molecular weight is 297 g/mol. The van der Waals surface area contributed by atoms with Crippen molar-refractivity contribution in [1.82, 2.24) is 9.78 Å². The Bertz CT molecular complexity index is 632. The minimum atomic E-state index is -0.486. The van der Waals surface area contributed by atoms with Crippen LogP contribution in [0.25, 0.3) is 5.69 Å². The van der Waals surface area contributed by atoms with E-state index >= 15 is 0 Å². The summed E-state index contributed by atoms with van der Waals surface area (Å²) < 4.78 is 1.74. The Morgan fingerprint density at radius 3 is 2.58 bits per heavy atom. The van der Waals surface area contributed by atoms with Crippen LogP contribution in [-0.4, -0.2) is 15.0 Å². The van der Waals surface area contributed by atoms with Gasteiger partial charge in [0.15, 0.2) is 0 Å². The van der Waals surface area contributed by atoms with Gasteiger partial charge in [-0.25, -0.2) is 4.68 Å². The molecule has 0 radical (unpaired) electrons. The molecule has 0 spiro atoms. The molecule has 0 amide bonds. The summed E-state index contributed by atoms with van der Waals surface area (Å²) in [7, 11) is 0. The van der Waals surface area contributed by atoms with Crippen molar-refractivity contribution in [3.8, 4) is 5.69 Å². The molecule has 0 fully saturated rings. The van der Waals surface area contributed by atoms with Gasteiger partial charge in [0.2, 0.25) is 0 Å². The Morgan fingerprint density at radius 1 is 1.37 bits per heavy atom. The topological polar surface area (TPSA) is 34.9 Å². The van der Waals surface area contributed by atoms with Crippen LogP contribution in [0.3, 0.4) is 0 Å². The zero-order valence-electron chi connectivity index (χ0n) is 10.9. The molecule has 100 valence electrons. The Hall–Kier alpha value is -1.32. The third kappa shape index (κ3) is 2.67. The van der Waals surface area contributed by atoms with Gasteiger partial charge < -0.3 is 0 Å². The van der Waals surface area contributed by atoms with Gasteiger partial charge in [-0.2, -0.15) is 5.10 Å². The number of halogens is 2. The van der Waals surface area contributed by atoms with Crippen molar-refractivity contribution in [1.29, 1.82) is 0 Å². The number of benzene rings is 1. The van der Waals surface area contributed by atoms with Gasteiger partial charge in [0.25, 0.3) is 5.24 Å². The van der Waals surface area contributed by atoms with Crippen LogP contribution in [0, 0.1) is 6.92 Å². The van der Waals surface area contributed by atoms with Crippen LogP contribution in [0.2, 0.25) is 5.02 Å². The molecular weight excluding hydrogens is 283 g/mol. The molecule has 5 heteroatoms. The molecule has 2 rings (SSSR count). The highest BCUT2D eigenvalue weighted by atomic mass is 35.5. The van der Waals surface area contributed by atoms with Crippen LogP contribution in [-0.2, 0) is 0 Å².